The second-order valence-electron chi connectivity index (χ2n) is 6.23. The molecule has 0 atom stereocenters. The molecule has 1 aliphatic heterocycles. The number of para-hydroxylation sites is 1. The van der Waals surface area contributed by atoms with Gasteiger partial charge in [-0.3, -0.25) is 9.59 Å². The van der Waals surface area contributed by atoms with Crippen molar-refractivity contribution in [2.75, 3.05) is 20.1 Å². The van der Waals surface area contributed by atoms with E-state index in [0.717, 1.165) is 29.6 Å². The van der Waals surface area contributed by atoms with Gasteiger partial charge in [0.25, 0.3) is 0 Å². The van der Waals surface area contributed by atoms with Crippen molar-refractivity contribution in [1.29, 1.82) is 0 Å². The van der Waals surface area contributed by atoms with Crippen LogP contribution in [-0.2, 0) is 16.1 Å². The molecule has 122 valence electrons. The molecule has 0 N–H and O–H groups in total. The molecule has 0 unspecified atom stereocenters. The van der Waals surface area contributed by atoms with Crippen LogP contribution >= 0.6 is 0 Å². The van der Waals surface area contributed by atoms with Gasteiger partial charge < -0.3 is 14.2 Å². The summed E-state index contributed by atoms with van der Waals surface area (Å²) in [5, 5.41) is 1.05. The second-order valence-corrected chi connectivity index (χ2v) is 6.23. The fraction of sp³-hybridized carbons (Fsp3) is 0.444. The molecule has 3 rings (SSSR count). The summed E-state index contributed by atoms with van der Waals surface area (Å²) in [6.45, 7) is 3.39. The van der Waals surface area contributed by atoms with Crippen LogP contribution in [0.2, 0.25) is 0 Å². The van der Waals surface area contributed by atoms with Crippen LogP contribution in [-0.4, -0.2) is 41.8 Å². The molecule has 1 fully saturated rings. The van der Waals surface area contributed by atoms with E-state index >= 15 is 0 Å². The second kappa shape index (κ2) is 6.44. The van der Waals surface area contributed by atoms with Gasteiger partial charge in [-0.05, 0) is 25.0 Å². The molecule has 2 heterocycles. The first-order valence-electron chi connectivity index (χ1n) is 8.02. The SMILES string of the molecule is CC(=O)N1CCC(C(=O)N(C)Cc2cc3ccccc3o2)CC1. The third kappa shape index (κ3) is 3.38. The highest BCUT2D eigenvalue weighted by molar-refractivity contribution is 5.80. The Morgan fingerprint density at radius 3 is 2.61 bits per heavy atom. The van der Waals surface area contributed by atoms with Crippen LogP contribution in [0.15, 0.2) is 34.7 Å². The maximum absolute atomic E-state index is 12.6. The number of amides is 2. The van der Waals surface area contributed by atoms with E-state index in [1.165, 1.54) is 0 Å². The predicted molar refractivity (Wildman–Crippen MR) is 87.7 cm³/mol. The summed E-state index contributed by atoms with van der Waals surface area (Å²) in [4.78, 5) is 27.5. The molecule has 5 heteroatoms. The molecule has 1 aromatic carbocycles. The molecule has 0 spiro atoms. The zero-order chi connectivity index (χ0) is 16.4. The van der Waals surface area contributed by atoms with E-state index in [2.05, 4.69) is 0 Å². The average Bonchev–Trinajstić information content (AvgIpc) is 2.96. The summed E-state index contributed by atoms with van der Waals surface area (Å²) in [6.07, 6.45) is 1.48. The Hall–Kier alpha value is -2.30. The lowest BCUT2D eigenvalue weighted by atomic mass is 9.95. The van der Waals surface area contributed by atoms with Gasteiger partial charge in [-0.15, -0.1) is 0 Å². The number of likely N-dealkylation sites (tertiary alicyclic amines) is 1. The van der Waals surface area contributed by atoms with Gasteiger partial charge in [-0.25, -0.2) is 0 Å². The molecular weight excluding hydrogens is 292 g/mol. The van der Waals surface area contributed by atoms with Crippen molar-refractivity contribution in [2.45, 2.75) is 26.3 Å². The van der Waals surface area contributed by atoms with Gasteiger partial charge in [0.15, 0.2) is 0 Å². The molecular formula is C18H22N2O3. The zero-order valence-electron chi connectivity index (χ0n) is 13.6. The Kier molecular flexibility index (Phi) is 4.37. The van der Waals surface area contributed by atoms with Gasteiger partial charge in [0.05, 0.1) is 6.54 Å². The highest BCUT2D eigenvalue weighted by Crippen LogP contribution is 2.23. The van der Waals surface area contributed by atoms with Gasteiger partial charge in [-0.1, -0.05) is 18.2 Å². The van der Waals surface area contributed by atoms with Crippen molar-refractivity contribution in [1.82, 2.24) is 9.80 Å². The summed E-state index contributed by atoms with van der Waals surface area (Å²) in [5.41, 5.74) is 0.845. The van der Waals surface area contributed by atoms with Gasteiger partial charge in [-0.2, -0.15) is 0 Å². The maximum atomic E-state index is 12.6. The van der Waals surface area contributed by atoms with Gasteiger partial charge >= 0.3 is 0 Å². The van der Waals surface area contributed by atoms with Crippen molar-refractivity contribution >= 4 is 22.8 Å². The first-order valence-corrected chi connectivity index (χ1v) is 8.02. The number of hydrogen-bond donors (Lipinski definition) is 0. The fourth-order valence-electron chi connectivity index (χ4n) is 3.18. The first-order chi connectivity index (χ1) is 11.0. The summed E-state index contributed by atoms with van der Waals surface area (Å²) in [5.74, 6) is 1.02. The van der Waals surface area contributed by atoms with Crippen molar-refractivity contribution < 1.29 is 14.0 Å². The minimum atomic E-state index is -0.0000201. The molecule has 2 amide bonds. The topological polar surface area (TPSA) is 53.8 Å². The Morgan fingerprint density at radius 1 is 1.26 bits per heavy atom. The summed E-state index contributed by atoms with van der Waals surface area (Å²) in [7, 11) is 1.81. The molecule has 0 bridgehead atoms. The molecule has 1 aromatic heterocycles. The predicted octanol–water partition coefficient (Wildman–Crippen LogP) is 2.65. The number of furan rings is 1. The average molecular weight is 314 g/mol. The maximum Gasteiger partial charge on any atom is 0.225 e. The number of fused-ring (bicyclic) bond motifs is 1. The Morgan fingerprint density at radius 2 is 1.96 bits per heavy atom. The van der Waals surface area contributed by atoms with Crippen LogP contribution in [0.25, 0.3) is 11.0 Å². The summed E-state index contributed by atoms with van der Waals surface area (Å²) in [6, 6.07) is 9.82. The van der Waals surface area contributed by atoms with Crippen molar-refractivity contribution in [2.24, 2.45) is 5.92 Å². The van der Waals surface area contributed by atoms with E-state index < -0.39 is 0 Å². The number of piperidine rings is 1. The fourth-order valence-corrected chi connectivity index (χ4v) is 3.18. The molecule has 2 aromatic rings. The Bertz CT molecular complexity index is 681. The lowest BCUT2D eigenvalue weighted by Crippen LogP contribution is -2.42. The standard InChI is InChI=1S/C18H22N2O3/c1-13(21)20-9-7-14(8-10-20)18(22)19(2)12-16-11-15-5-3-4-6-17(15)23-16/h3-6,11,14H,7-10,12H2,1-2H3. The Labute approximate surface area is 135 Å². The number of hydrogen-bond acceptors (Lipinski definition) is 3. The highest BCUT2D eigenvalue weighted by Gasteiger charge is 2.28. The monoisotopic (exact) mass is 314 g/mol. The number of benzene rings is 1. The smallest absolute Gasteiger partial charge is 0.225 e. The minimum Gasteiger partial charge on any atom is -0.459 e. The minimum absolute atomic E-state index is 0.0000201. The van der Waals surface area contributed by atoms with E-state index in [-0.39, 0.29) is 17.7 Å². The molecule has 0 aliphatic carbocycles. The third-order valence-electron chi connectivity index (χ3n) is 4.54. The number of carbonyl (C=O) groups is 2. The van der Waals surface area contributed by atoms with Crippen LogP contribution in [0.3, 0.4) is 0 Å². The summed E-state index contributed by atoms with van der Waals surface area (Å²) < 4.78 is 5.78. The van der Waals surface area contributed by atoms with Gasteiger partial charge in [0.2, 0.25) is 11.8 Å². The van der Waals surface area contributed by atoms with E-state index in [1.807, 2.05) is 42.3 Å². The van der Waals surface area contributed by atoms with E-state index in [0.29, 0.717) is 19.6 Å². The van der Waals surface area contributed by atoms with E-state index in [9.17, 15) is 9.59 Å². The van der Waals surface area contributed by atoms with Gasteiger partial charge in [0, 0.05) is 38.4 Å². The molecule has 23 heavy (non-hydrogen) atoms. The normalized spacial score (nSPS) is 15.8. The van der Waals surface area contributed by atoms with Crippen molar-refractivity contribution in [3.63, 3.8) is 0 Å². The number of rotatable bonds is 3. The third-order valence-corrected chi connectivity index (χ3v) is 4.54. The Balaban J connectivity index is 1.60. The molecule has 0 saturated carbocycles. The van der Waals surface area contributed by atoms with Crippen LogP contribution < -0.4 is 0 Å². The van der Waals surface area contributed by atoms with E-state index in [1.54, 1.807) is 11.8 Å². The van der Waals surface area contributed by atoms with E-state index in [4.69, 9.17) is 4.42 Å². The molecule has 0 radical (unpaired) electrons. The zero-order valence-corrected chi connectivity index (χ0v) is 13.6. The lowest BCUT2D eigenvalue weighted by molar-refractivity contribution is -0.139. The quantitative estimate of drug-likeness (QED) is 0.875. The number of carbonyl (C=O) groups excluding carboxylic acids is 2. The molecule has 1 aliphatic rings. The lowest BCUT2D eigenvalue weighted by Gasteiger charge is -2.32. The molecule has 5 nitrogen and oxygen atoms in total. The summed E-state index contributed by atoms with van der Waals surface area (Å²) >= 11 is 0. The highest BCUT2D eigenvalue weighted by atomic mass is 16.3. The van der Waals surface area contributed by atoms with Crippen molar-refractivity contribution in [3.8, 4) is 0 Å². The largest absolute Gasteiger partial charge is 0.459 e. The van der Waals surface area contributed by atoms with Crippen LogP contribution in [0.5, 0.6) is 0 Å². The number of nitrogens with zero attached hydrogens (tertiary/aromatic N) is 2. The molecule has 1 saturated heterocycles. The van der Waals surface area contributed by atoms with Crippen LogP contribution in [0.1, 0.15) is 25.5 Å². The van der Waals surface area contributed by atoms with Crippen molar-refractivity contribution in [3.05, 3.63) is 36.1 Å². The van der Waals surface area contributed by atoms with Gasteiger partial charge in [0.1, 0.15) is 11.3 Å². The first kappa shape index (κ1) is 15.6. The van der Waals surface area contributed by atoms with Crippen LogP contribution in [0.4, 0.5) is 0 Å². The van der Waals surface area contributed by atoms with Crippen LogP contribution in [0, 0.1) is 5.92 Å².